The first-order valence-electron chi connectivity index (χ1n) is 4.32. The third-order valence-electron chi connectivity index (χ3n) is 2.14. The summed E-state index contributed by atoms with van der Waals surface area (Å²) in [6.07, 6.45) is 5.30. The summed E-state index contributed by atoms with van der Waals surface area (Å²) >= 11 is 0. The molecule has 0 bridgehead atoms. The minimum Gasteiger partial charge on any atom is -0.297 e. The minimum absolute atomic E-state index is 0.863. The van der Waals surface area contributed by atoms with E-state index in [0.717, 1.165) is 18.2 Å². The SMILES string of the molecule is CC1CN(Cc2cnccn2)C1. The first-order chi connectivity index (χ1) is 5.84. The zero-order valence-electron chi connectivity index (χ0n) is 7.27. The monoisotopic (exact) mass is 163 g/mol. The highest BCUT2D eigenvalue weighted by Gasteiger charge is 2.22. The number of rotatable bonds is 2. The first-order valence-corrected chi connectivity index (χ1v) is 4.32. The molecule has 0 amide bonds. The Morgan fingerprint density at radius 1 is 1.50 bits per heavy atom. The Morgan fingerprint density at radius 2 is 2.33 bits per heavy atom. The molecule has 1 aliphatic heterocycles. The molecule has 1 aromatic rings. The van der Waals surface area contributed by atoms with Crippen LogP contribution in [-0.2, 0) is 6.54 Å². The van der Waals surface area contributed by atoms with Gasteiger partial charge >= 0.3 is 0 Å². The molecule has 0 spiro atoms. The fraction of sp³-hybridized carbons (Fsp3) is 0.556. The van der Waals surface area contributed by atoms with Crippen LogP contribution in [0.15, 0.2) is 18.6 Å². The van der Waals surface area contributed by atoms with E-state index in [-0.39, 0.29) is 0 Å². The number of hydrogen-bond donors (Lipinski definition) is 0. The van der Waals surface area contributed by atoms with Crippen LogP contribution in [0, 0.1) is 5.92 Å². The maximum Gasteiger partial charge on any atom is 0.0726 e. The summed E-state index contributed by atoms with van der Waals surface area (Å²) < 4.78 is 0. The number of likely N-dealkylation sites (tertiary alicyclic amines) is 1. The van der Waals surface area contributed by atoms with E-state index in [4.69, 9.17) is 0 Å². The number of aromatic nitrogens is 2. The molecule has 1 fully saturated rings. The average molecular weight is 163 g/mol. The summed E-state index contributed by atoms with van der Waals surface area (Å²) in [4.78, 5) is 10.6. The van der Waals surface area contributed by atoms with Gasteiger partial charge in [-0.05, 0) is 5.92 Å². The Bertz CT molecular complexity index is 241. The van der Waals surface area contributed by atoms with Gasteiger partial charge in [0, 0.05) is 38.2 Å². The lowest BCUT2D eigenvalue weighted by Crippen LogP contribution is -2.44. The van der Waals surface area contributed by atoms with Crippen LogP contribution in [0.25, 0.3) is 0 Å². The van der Waals surface area contributed by atoms with Crippen molar-refractivity contribution in [1.29, 1.82) is 0 Å². The second-order valence-electron chi connectivity index (χ2n) is 3.50. The van der Waals surface area contributed by atoms with Crippen LogP contribution in [0.3, 0.4) is 0 Å². The van der Waals surface area contributed by atoms with Gasteiger partial charge in [-0.2, -0.15) is 0 Å². The van der Waals surface area contributed by atoms with Gasteiger partial charge in [-0.25, -0.2) is 0 Å². The summed E-state index contributed by atoms with van der Waals surface area (Å²) in [6, 6.07) is 0. The highest BCUT2D eigenvalue weighted by atomic mass is 15.2. The molecule has 0 radical (unpaired) electrons. The van der Waals surface area contributed by atoms with Crippen molar-refractivity contribution in [1.82, 2.24) is 14.9 Å². The van der Waals surface area contributed by atoms with Gasteiger partial charge in [0.05, 0.1) is 5.69 Å². The van der Waals surface area contributed by atoms with Gasteiger partial charge < -0.3 is 0 Å². The molecule has 0 N–H and O–H groups in total. The molecular weight excluding hydrogens is 150 g/mol. The lowest BCUT2D eigenvalue weighted by Gasteiger charge is -2.36. The highest BCUT2D eigenvalue weighted by molar-refractivity contribution is 4.95. The topological polar surface area (TPSA) is 29.0 Å². The largest absolute Gasteiger partial charge is 0.297 e. The van der Waals surface area contributed by atoms with Gasteiger partial charge in [0.2, 0.25) is 0 Å². The summed E-state index contributed by atoms with van der Waals surface area (Å²) in [6.45, 7) is 5.64. The van der Waals surface area contributed by atoms with Crippen molar-refractivity contribution in [2.24, 2.45) is 5.92 Å². The lowest BCUT2D eigenvalue weighted by atomic mass is 10.0. The normalized spacial score (nSPS) is 19.1. The molecule has 1 aliphatic rings. The summed E-state index contributed by atoms with van der Waals surface area (Å²) in [7, 11) is 0. The van der Waals surface area contributed by atoms with Gasteiger partial charge in [-0.3, -0.25) is 14.9 Å². The van der Waals surface area contributed by atoms with Crippen molar-refractivity contribution in [2.45, 2.75) is 13.5 Å². The molecule has 3 nitrogen and oxygen atoms in total. The van der Waals surface area contributed by atoms with Crippen LogP contribution in [0.5, 0.6) is 0 Å². The van der Waals surface area contributed by atoms with Crippen molar-refractivity contribution < 1.29 is 0 Å². The summed E-state index contributed by atoms with van der Waals surface area (Å²) in [5.41, 5.74) is 1.07. The quantitative estimate of drug-likeness (QED) is 0.649. The van der Waals surface area contributed by atoms with E-state index in [0.29, 0.717) is 0 Å². The van der Waals surface area contributed by atoms with Crippen LogP contribution in [-0.4, -0.2) is 28.0 Å². The van der Waals surface area contributed by atoms with Crippen molar-refractivity contribution >= 4 is 0 Å². The van der Waals surface area contributed by atoms with Crippen molar-refractivity contribution in [3.05, 3.63) is 24.3 Å². The fourth-order valence-corrected chi connectivity index (χ4v) is 1.60. The van der Waals surface area contributed by atoms with E-state index in [2.05, 4.69) is 21.8 Å². The van der Waals surface area contributed by atoms with Crippen LogP contribution in [0.4, 0.5) is 0 Å². The molecule has 0 unspecified atom stereocenters. The van der Waals surface area contributed by atoms with E-state index in [1.807, 2.05) is 6.20 Å². The molecule has 2 rings (SSSR count). The molecule has 0 aromatic carbocycles. The van der Waals surface area contributed by atoms with Crippen molar-refractivity contribution in [3.8, 4) is 0 Å². The predicted molar refractivity (Wildman–Crippen MR) is 46.5 cm³/mol. The minimum atomic E-state index is 0.863. The van der Waals surface area contributed by atoms with Crippen LogP contribution in [0.2, 0.25) is 0 Å². The third kappa shape index (κ3) is 1.61. The van der Waals surface area contributed by atoms with Gasteiger partial charge in [-0.1, -0.05) is 6.92 Å². The van der Waals surface area contributed by atoms with Gasteiger partial charge in [-0.15, -0.1) is 0 Å². The maximum atomic E-state index is 4.22. The molecule has 1 saturated heterocycles. The molecule has 0 aliphatic carbocycles. The summed E-state index contributed by atoms with van der Waals surface area (Å²) in [5.74, 6) is 0.863. The lowest BCUT2D eigenvalue weighted by molar-refractivity contribution is 0.103. The van der Waals surface area contributed by atoms with E-state index in [1.165, 1.54) is 13.1 Å². The molecule has 0 atom stereocenters. The zero-order valence-corrected chi connectivity index (χ0v) is 7.27. The first kappa shape index (κ1) is 7.68. The fourth-order valence-electron chi connectivity index (χ4n) is 1.60. The Morgan fingerprint density at radius 3 is 2.92 bits per heavy atom. The van der Waals surface area contributed by atoms with Crippen LogP contribution >= 0.6 is 0 Å². The Hall–Kier alpha value is -0.960. The molecular formula is C9H13N3. The smallest absolute Gasteiger partial charge is 0.0726 e. The number of nitrogens with zero attached hydrogens (tertiary/aromatic N) is 3. The Kier molecular flexibility index (Phi) is 2.04. The Labute approximate surface area is 72.4 Å². The van der Waals surface area contributed by atoms with E-state index < -0.39 is 0 Å². The molecule has 64 valence electrons. The molecule has 3 heteroatoms. The van der Waals surface area contributed by atoms with E-state index >= 15 is 0 Å². The molecule has 2 heterocycles. The highest BCUT2D eigenvalue weighted by Crippen LogP contribution is 2.15. The molecule has 1 aromatic heterocycles. The van der Waals surface area contributed by atoms with Crippen LogP contribution < -0.4 is 0 Å². The Balaban J connectivity index is 1.88. The van der Waals surface area contributed by atoms with Crippen LogP contribution in [0.1, 0.15) is 12.6 Å². The van der Waals surface area contributed by atoms with Crippen molar-refractivity contribution in [3.63, 3.8) is 0 Å². The predicted octanol–water partition coefficient (Wildman–Crippen LogP) is 0.928. The molecule has 0 saturated carbocycles. The third-order valence-corrected chi connectivity index (χ3v) is 2.14. The van der Waals surface area contributed by atoms with Crippen molar-refractivity contribution in [2.75, 3.05) is 13.1 Å². The van der Waals surface area contributed by atoms with Gasteiger partial charge in [0.25, 0.3) is 0 Å². The second kappa shape index (κ2) is 3.19. The standard InChI is InChI=1S/C9H13N3/c1-8-5-12(6-8)7-9-4-10-2-3-11-9/h2-4,8H,5-7H2,1H3. The zero-order chi connectivity index (χ0) is 8.39. The van der Waals surface area contributed by atoms with E-state index in [1.54, 1.807) is 12.4 Å². The molecule has 12 heavy (non-hydrogen) atoms. The second-order valence-corrected chi connectivity index (χ2v) is 3.50. The average Bonchev–Trinajstić information content (AvgIpc) is 2.04. The summed E-state index contributed by atoms with van der Waals surface area (Å²) in [5, 5.41) is 0. The van der Waals surface area contributed by atoms with Gasteiger partial charge in [0.15, 0.2) is 0 Å². The number of hydrogen-bond acceptors (Lipinski definition) is 3. The van der Waals surface area contributed by atoms with Gasteiger partial charge in [0.1, 0.15) is 0 Å². The maximum absolute atomic E-state index is 4.22. The van der Waals surface area contributed by atoms with E-state index in [9.17, 15) is 0 Å².